The number of halogens is 2. The normalized spacial score (nSPS) is 11.0. The Morgan fingerprint density at radius 3 is 1.07 bits per heavy atom. The molecule has 0 fully saturated rings. The van der Waals surface area contributed by atoms with Gasteiger partial charge in [-0.15, -0.1) is 0 Å². The van der Waals surface area contributed by atoms with Crippen LogP contribution in [0.3, 0.4) is 0 Å². The summed E-state index contributed by atoms with van der Waals surface area (Å²) in [7, 11) is 0. The molecule has 0 spiro atoms. The Morgan fingerprint density at radius 1 is 0.370 bits per heavy atom. The Morgan fingerprint density at radius 2 is 0.704 bits per heavy atom. The first-order chi connectivity index (χ1) is 13.3. The van der Waals surface area contributed by atoms with Crippen LogP contribution in [0.15, 0.2) is 109 Å². The van der Waals surface area contributed by atoms with E-state index < -0.39 is 0 Å². The fourth-order valence-electron chi connectivity index (χ4n) is 2.77. The third-order valence-corrected chi connectivity index (χ3v) is 9.51. The third kappa shape index (κ3) is 5.66. The molecule has 2 heteroatoms. The molecule has 0 radical (unpaired) electrons. The van der Waals surface area contributed by atoms with E-state index in [0.29, 0.717) is 0 Å². The topological polar surface area (TPSA) is 0 Å². The molecule has 0 aliphatic carbocycles. The monoisotopic (exact) mass is 574 g/mol. The molecule has 0 heterocycles. The van der Waals surface area contributed by atoms with Crippen LogP contribution in [0.5, 0.6) is 0 Å². The summed E-state index contributed by atoms with van der Waals surface area (Å²) in [5.41, 5.74) is 2.78. The molecule has 0 amide bonds. The van der Waals surface area contributed by atoms with Crippen molar-refractivity contribution >= 4 is 0 Å². The van der Waals surface area contributed by atoms with Gasteiger partial charge in [0.15, 0.2) is 0 Å². The summed E-state index contributed by atoms with van der Waals surface area (Å²) in [6.07, 6.45) is 1.01. The number of benzene rings is 4. The van der Waals surface area contributed by atoms with E-state index in [4.69, 9.17) is 0 Å². The van der Waals surface area contributed by atoms with Gasteiger partial charge in [0.1, 0.15) is 0 Å². The van der Waals surface area contributed by atoms with Gasteiger partial charge in [-0.05, 0) is 0 Å². The van der Waals surface area contributed by atoms with Crippen molar-refractivity contribution in [3.63, 3.8) is 0 Å². The molecule has 0 bridgehead atoms. The van der Waals surface area contributed by atoms with Crippen molar-refractivity contribution in [2.45, 2.75) is 6.42 Å². The molecule has 0 atom stereocenters. The predicted octanol–water partition coefficient (Wildman–Crippen LogP) is -0.466. The molecule has 4 aromatic rings. The molecule has 0 saturated carbocycles. The van der Waals surface area contributed by atoms with Crippen LogP contribution in [-0.2, 0) is 6.42 Å². The zero-order chi connectivity index (χ0) is 18.3. The summed E-state index contributed by atoms with van der Waals surface area (Å²) >= 11 is -0.141. The van der Waals surface area contributed by atoms with E-state index in [1.54, 1.807) is 0 Å². The van der Waals surface area contributed by atoms with Crippen molar-refractivity contribution in [3.8, 4) is 0 Å². The second-order valence-electron chi connectivity index (χ2n) is 6.21. The molecule has 27 heavy (non-hydrogen) atoms. The van der Waals surface area contributed by atoms with E-state index in [2.05, 4.69) is 109 Å². The average Bonchev–Trinajstić information content (AvgIpc) is 2.73. The van der Waals surface area contributed by atoms with Crippen molar-refractivity contribution in [2.24, 2.45) is 0 Å². The fourth-order valence-corrected chi connectivity index (χ4v) is 7.20. The van der Waals surface area contributed by atoms with E-state index in [-0.39, 0.29) is 42.4 Å². The van der Waals surface area contributed by atoms with Crippen LogP contribution in [0, 0.1) is 14.3 Å². The fraction of sp³-hybridized carbons (Fsp3) is 0.0400. The quantitative estimate of drug-likeness (QED) is 0.274. The SMILES string of the molecule is c1ccc([I-]c2ccc(Cc3ccc([I-]c4ccccc4)cc3)cc2)cc1. The van der Waals surface area contributed by atoms with Crippen LogP contribution in [0.4, 0.5) is 0 Å². The summed E-state index contributed by atoms with van der Waals surface area (Å²) in [6.45, 7) is 0. The Bertz CT molecular complexity index is 877. The average molecular weight is 574 g/mol. The molecule has 0 N–H and O–H groups in total. The van der Waals surface area contributed by atoms with Crippen LogP contribution in [0.2, 0.25) is 0 Å². The first-order valence-electron chi connectivity index (χ1n) is 8.93. The molecule has 0 nitrogen and oxygen atoms in total. The van der Waals surface area contributed by atoms with Gasteiger partial charge in [-0.3, -0.25) is 0 Å². The molecule has 4 rings (SSSR count). The summed E-state index contributed by atoms with van der Waals surface area (Å²) in [6, 6.07) is 40.1. The van der Waals surface area contributed by atoms with Crippen LogP contribution in [-0.4, -0.2) is 0 Å². The maximum absolute atomic E-state index is 2.31. The summed E-state index contributed by atoms with van der Waals surface area (Å²) in [5.74, 6) is 0. The van der Waals surface area contributed by atoms with Gasteiger partial charge in [0.2, 0.25) is 0 Å². The van der Waals surface area contributed by atoms with Gasteiger partial charge in [0.25, 0.3) is 0 Å². The Balaban J connectivity index is 1.37. The van der Waals surface area contributed by atoms with Gasteiger partial charge < -0.3 is 0 Å². The van der Waals surface area contributed by atoms with Crippen molar-refractivity contribution in [3.05, 3.63) is 135 Å². The van der Waals surface area contributed by atoms with Crippen LogP contribution in [0.25, 0.3) is 0 Å². The van der Waals surface area contributed by atoms with Gasteiger partial charge in [-0.25, -0.2) is 0 Å². The second kappa shape index (κ2) is 9.51. The van der Waals surface area contributed by atoms with Gasteiger partial charge in [0.05, 0.1) is 0 Å². The van der Waals surface area contributed by atoms with E-state index in [1.165, 1.54) is 25.4 Å². The number of hydrogen-bond acceptors (Lipinski definition) is 0. The summed E-state index contributed by atoms with van der Waals surface area (Å²) in [4.78, 5) is 0. The standard InChI is InChI=1S/C25H20I2/c1-3-7-22(8-4-1)26-24-15-11-20(12-16-24)19-21-13-17-25(18-14-21)27-23-9-5-2-6-10-23/h1-18H,19H2/q-2. The maximum atomic E-state index is 2.31. The first kappa shape index (κ1) is 18.7. The molecule has 0 aliphatic heterocycles. The van der Waals surface area contributed by atoms with Gasteiger partial charge in [-0.2, -0.15) is 0 Å². The molecule has 0 aliphatic rings. The van der Waals surface area contributed by atoms with Crippen molar-refractivity contribution < 1.29 is 42.4 Å². The molecule has 0 unspecified atom stereocenters. The van der Waals surface area contributed by atoms with E-state index in [1.807, 2.05) is 0 Å². The van der Waals surface area contributed by atoms with Crippen molar-refractivity contribution in [2.75, 3.05) is 0 Å². The van der Waals surface area contributed by atoms with Crippen molar-refractivity contribution in [1.29, 1.82) is 0 Å². The molecule has 4 aromatic carbocycles. The third-order valence-electron chi connectivity index (χ3n) is 4.14. The number of hydrogen-bond donors (Lipinski definition) is 0. The molecule has 0 aromatic heterocycles. The predicted molar refractivity (Wildman–Crippen MR) is 103 cm³/mol. The molecular formula is C25H20I2-2. The minimum absolute atomic E-state index is 0.0703. The zero-order valence-electron chi connectivity index (χ0n) is 14.9. The first-order valence-corrected chi connectivity index (χ1v) is 13.2. The van der Waals surface area contributed by atoms with Crippen LogP contribution in [0.1, 0.15) is 11.1 Å². The van der Waals surface area contributed by atoms with Gasteiger partial charge >= 0.3 is 183 Å². The molecule has 136 valence electrons. The Labute approximate surface area is 182 Å². The van der Waals surface area contributed by atoms with Crippen molar-refractivity contribution in [1.82, 2.24) is 0 Å². The molecule has 0 saturated heterocycles. The van der Waals surface area contributed by atoms with E-state index >= 15 is 0 Å². The zero-order valence-corrected chi connectivity index (χ0v) is 19.2. The van der Waals surface area contributed by atoms with Gasteiger partial charge in [-0.1, -0.05) is 0 Å². The minimum atomic E-state index is -0.0703. The van der Waals surface area contributed by atoms with E-state index in [0.717, 1.165) is 6.42 Å². The van der Waals surface area contributed by atoms with Gasteiger partial charge in [0, 0.05) is 0 Å². The summed E-state index contributed by atoms with van der Waals surface area (Å²) < 4.78 is 5.90. The van der Waals surface area contributed by atoms with Crippen LogP contribution >= 0.6 is 0 Å². The van der Waals surface area contributed by atoms with E-state index in [9.17, 15) is 0 Å². The second-order valence-corrected chi connectivity index (χ2v) is 12.3. The Hall–Kier alpha value is -1.66. The number of rotatable bonds is 6. The molecular weight excluding hydrogens is 554 g/mol. The Kier molecular flexibility index (Phi) is 6.58. The van der Waals surface area contributed by atoms with Crippen LogP contribution < -0.4 is 42.4 Å². The summed E-state index contributed by atoms with van der Waals surface area (Å²) in [5, 5.41) is 0.